The van der Waals surface area contributed by atoms with Gasteiger partial charge in [-0.1, -0.05) is 23.7 Å². The average molecular weight is 304 g/mol. The summed E-state index contributed by atoms with van der Waals surface area (Å²) in [5.74, 6) is 6.67. The van der Waals surface area contributed by atoms with Crippen LogP contribution in [0.4, 0.5) is 0 Å². The number of aryl methyl sites for hydroxylation is 1. The first-order valence-electron chi connectivity index (χ1n) is 7.08. The summed E-state index contributed by atoms with van der Waals surface area (Å²) in [5.41, 5.74) is 6.34. The third-order valence-corrected chi connectivity index (χ3v) is 4.01. The summed E-state index contributed by atoms with van der Waals surface area (Å²) >= 11 is 5.86. The smallest absolute Gasteiger partial charge is 0.122 e. The Balaban J connectivity index is 1.66. The number of fused-ring (bicyclic) bond motifs is 1. The number of aromatic nitrogens is 1. The minimum atomic E-state index is 0.0202. The van der Waals surface area contributed by atoms with E-state index < -0.39 is 0 Å². The van der Waals surface area contributed by atoms with Crippen molar-refractivity contribution in [1.29, 1.82) is 0 Å². The van der Waals surface area contributed by atoms with Crippen molar-refractivity contribution in [2.45, 2.75) is 25.3 Å². The molecular formula is C16H18ClN3O. The van der Waals surface area contributed by atoms with Crippen molar-refractivity contribution >= 4 is 11.6 Å². The SMILES string of the molecule is NNC(CCc1ccc2c(c1)CCO2)c1ccc(Cl)cn1. The highest BCUT2D eigenvalue weighted by molar-refractivity contribution is 6.30. The molecule has 4 nitrogen and oxygen atoms in total. The zero-order valence-corrected chi connectivity index (χ0v) is 12.4. The summed E-state index contributed by atoms with van der Waals surface area (Å²) in [6.07, 6.45) is 4.46. The molecule has 0 saturated carbocycles. The minimum absolute atomic E-state index is 0.0202. The summed E-state index contributed by atoms with van der Waals surface area (Å²) in [6.45, 7) is 0.792. The third-order valence-electron chi connectivity index (χ3n) is 3.78. The van der Waals surface area contributed by atoms with Crippen LogP contribution in [0, 0.1) is 0 Å². The van der Waals surface area contributed by atoms with Gasteiger partial charge in [0.2, 0.25) is 0 Å². The van der Waals surface area contributed by atoms with Gasteiger partial charge in [-0.3, -0.25) is 16.3 Å². The molecule has 0 bridgehead atoms. The number of pyridine rings is 1. The zero-order chi connectivity index (χ0) is 14.7. The van der Waals surface area contributed by atoms with Crippen molar-refractivity contribution in [2.75, 3.05) is 6.61 Å². The van der Waals surface area contributed by atoms with E-state index in [1.807, 2.05) is 12.1 Å². The first-order chi connectivity index (χ1) is 10.3. The van der Waals surface area contributed by atoms with E-state index in [9.17, 15) is 0 Å². The summed E-state index contributed by atoms with van der Waals surface area (Å²) in [6, 6.07) is 10.2. The topological polar surface area (TPSA) is 60.2 Å². The zero-order valence-electron chi connectivity index (χ0n) is 11.7. The lowest BCUT2D eigenvalue weighted by Crippen LogP contribution is -2.29. The second kappa shape index (κ2) is 6.43. The number of hydrazine groups is 1. The van der Waals surface area contributed by atoms with Gasteiger partial charge in [-0.15, -0.1) is 0 Å². The van der Waals surface area contributed by atoms with Gasteiger partial charge in [0.05, 0.1) is 23.4 Å². The molecule has 2 aromatic rings. The van der Waals surface area contributed by atoms with Crippen LogP contribution in [0.25, 0.3) is 0 Å². The third kappa shape index (κ3) is 3.35. The summed E-state index contributed by atoms with van der Waals surface area (Å²) < 4.78 is 5.53. The van der Waals surface area contributed by atoms with Gasteiger partial charge in [-0.25, -0.2) is 0 Å². The van der Waals surface area contributed by atoms with Gasteiger partial charge in [0.1, 0.15) is 5.75 Å². The highest BCUT2D eigenvalue weighted by Crippen LogP contribution is 2.27. The van der Waals surface area contributed by atoms with Gasteiger partial charge < -0.3 is 4.74 Å². The van der Waals surface area contributed by atoms with Crippen molar-refractivity contribution in [2.24, 2.45) is 5.84 Å². The van der Waals surface area contributed by atoms with E-state index in [1.165, 1.54) is 11.1 Å². The molecule has 1 aromatic carbocycles. The molecule has 2 heterocycles. The van der Waals surface area contributed by atoms with Crippen LogP contribution in [0.2, 0.25) is 5.02 Å². The summed E-state index contributed by atoms with van der Waals surface area (Å²) in [5, 5.41) is 0.633. The van der Waals surface area contributed by atoms with Gasteiger partial charge in [0.25, 0.3) is 0 Å². The van der Waals surface area contributed by atoms with Gasteiger partial charge in [0, 0.05) is 12.6 Å². The molecule has 0 radical (unpaired) electrons. The highest BCUT2D eigenvalue weighted by atomic mass is 35.5. The molecule has 1 unspecified atom stereocenters. The Kier molecular flexibility index (Phi) is 4.39. The molecule has 0 spiro atoms. The second-order valence-electron chi connectivity index (χ2n) is 5.20. The maximum absolute atomic E-state index is 5.86. The number of benzene rings is 1. The highest BCUT2D eigenvalue weighted by Gasteiger charge is 2.14. The largest absolute Gasteiger partial charge is 0.493 e. The molecule has 0 amide bonds. The average Bonchev–Trinajstić information content (AvgIpc) is 2.97. The van der Waals surface area contributed by atoms with Crippen LogP contribution in [0.3, 0.4) is 0 Å². The fraction of sp³-hybridized carbons (Fsp3) is 0.312. The Morgan fingerprint density at radius 2 is 2.24 bits per heavy atom. The van der Waals surface area contributed by atoms with E-state index in [0.717, 1.165) is 37.3 Å². The number of hydrogen-bond donors (Lipinski definition) is 2. The molecule has 110 valence electrons. The molecule has 5 heteroatoms. The molecule has 1 atom stereocenters. The van der Waals surface area contributed by atoms with E-state index in [4.69, 9.17) is 22.2 Å². The quantitative estimate of drug-likeness (QED) is 0.659. The Hall–Kier alpha value is -1.62. The molecule has 1 aromatic heterocycles. The van der Waals surface area contributed by atoms with Crippen LogP contribution >= 0.6 is 11.6 Å². The number of hydrogen-bond acceptors (Lipinski definition) is 4. The maximum Gasteiger partial charge on any atom is 0.122 e. The standard InChI is InChI=1S/C16H18ClN3O/c17-13-3-5-14(19-10-13)15(20-18)4-1-11-2-6-16-12(9-11)7-8-21-16/h2-3,5-6,9-10,15,20H,1,4,7-8,18H2. The number of nitrogens with two attached hydrogens (primary N) is 1. The fourth-order valence-electron chi connectivity index (χ4n) is 2.62. The van der Waals surface area contributed by atoms with E-state index in [0.29, 0.717) is 5.02 Å². The van der Waals surface area contributed by atoms with E-state index in [-0.39, 0.29) is 6.04 Å². The summed E-state index contributed by atoms with van der Waals surface area (Å²) in [4.78, 5) is 4.33. The van der Waals surface area contributed by atoms with Crippen LogP contribution in [0.15, 0.2) is 36.5 Å². The van der Waals surface area contributed by atoms with Crippen LogP contribution in [-0.4, -0.2) is 11.6 Å². The van der Waals surface area contributed by atoms with E-state index in [2.05, 4.69) is 28.6 Å². The van der Waals surface area contributed by atoms with Crippen LogP contribution in [-0.2, 0) is 12.8 Å². The van der Waals surface area contributed by atoms with Crippen molar-refractivity contribution in [3.8, 4) is 5.75 Å². The molecule has 1 aliphatic rings. The Morgan fingerprint density at radius 1 is 1.33 bits per heavy atom. The molecular weight excluding hydrogens is 286 g/mol. The van der Waals surface area contributed by atoms with Crippen LogP contribution in [0.1, 0.15) is 29.3 Å². The number of ether oxygens (including phenoxy) is 1. The van der Waals surface area contributed by atoms with Gasteiger partial charge in [0.15, 0.2) is 0 Å². The number of halogens is 1. The van der Waals surface area contributed by atoms with Crippen LogP contribution in [0.5, 0.6) is 5.75 Å². The van der Waals surface area contributed by atoms with Crippen molar-refractivity contribution in [3.05, 3.63) is 58.4 Å². The van der Waals surface area contributed by atoms with Gasteiger partial charge >= 0.3 is 0 Å². The van der Waals surface area contributed by atoms with E-state index in [1.54, 1.807) is 6.20 Å². The van der Waals surface area contributed by atoms with Crippen molar-refractivity contribution in [1.82, 2.24) is 10.4 Å². The lowest BCUT2D eigenvalue weighted by Gasteiger charge is -2.15. The van der Waals surface area contributed by atoms with Crippen molar-refractivity contribution in [3.63, 3.8) is 0 Å². The van der Waals surface area contributed by atoms with Crippen LogP contribution < -0.4 is 16.0 Å². The van der Waals surface area contributed by atoms with Crippen molar-refractivity contribution < 1.29 is 4.74 Å². The Labute approximate surface area is 129 Å². The Bertz CT molecular complexity index is 615. The first-order valence-corrected chi connectivity index (χ1v) is 7.46. The lowest BCUT2D eigenvalue weighted by molar-refractivity contribution is 0.357. The number of rotatable bonds is 5. The minimum Gasteiger partial charge on any atom is -0.493 e. The first kappa shape index (κ1) is 14.3. The fourth-order valence-corrected chi connectivity index (χ4v) is 2.73. The predicted molar refractivity (Wildman–Crippen MR) is 83.3 cm³/mol. The predicted octanol–water partition coefficient (Wildman–Crippen LogP) is 2.81. The second-order valence-corrected chi connectivity index (χ2v) is 5.64. The summed E-state index contributed by atoms with van der Waals surface area (Å²) in [7, 11) is 0. The molecule has 1 aliphatic heterocycles. The molecule has 3 rings (SSSR count). The molecule has 21 heavy (non-hydrogen) atoms. The molecule has 3 N–H and O–H groups in total. The van der Waals surface area contributed by atoms with Gasteiger partial charge in [-0.05, 0) is 42.2 Å². The molecule has 0 aliphatic carbocycles. The molecule has 0 saturated heterocycles. The maximum atomic E-state index is 5.86. The Morgan fingerprint density at radius 3 is 3.00 bits per heavy atom. The monoisotopic (exact) mass is 303 g/mol. The number of nitrogens with one attached hydrogen (secondary N) is 1. The van der Waals surface area contributed by atoms with E-state index >= 15 is 0 Å². The number of nitrogens with zero attached hydrogens (tertiary/aromatic N) is 1. The lowest BCUT2D eigenvalue weighted by atomic mass is 10.0. The van der Waals surface area contributed by atoms with Gasteiger partial charge in [-0.2, -0.15) is 0 Å². The normalized spacial score (nSPS) is 14.6. The molecule has 0 fully saturated rings.